The summed E-state index contributed by atoms with van der Waals surface area (Å²) < 4.78 is 25.6. The van der Waals surface area contributed by atoms with Crippen molar-refractivity contribution in [3.05, 3.63) is 24.5 Å². The highest BCUT2D eigenvalue weighted by Crippen LogP contribution is 2.07. The van der Waals surface area contributed by atoms with E-state index in [2.05, 4.69) is 9.17 Å². The Hall–Kier alpha value is -0.970. The molecule has 0 saturated carbocycles. The number of aromatic nitrogens is 1. The second-order valence-corrected chi connectivity index (χ2v) is 2.02. The molecule has 0 N–H and O–H groups in total. The van der Waals surface area contributed by atoms with Gasteiger partial charge in [0.25, 0.3) is 0 Å². The smallest absolute Gasteiger partial charge is 0.375 e. The lowest BCUT2D eigenvalue weighted by Gasteiger charge is -1.93. The fraction of sp³-hybridized carbons (Fsp3) is 0. The van der Waals surface area contributed by atoms with Gasteiger partial charge in [-0.15, -0.1) is 0 Å². The summed E-state index contributed by atoms with van der Waals surface area (Å²) >= 11 is -2.76. The molecule has 0 saturated heterocycles. The number of rotatable bonds is 2. The number of halogens is 1. The average molecular weight is 161 g/mol. The number of nitrogens with zero attached hydrogens (tertiary/aromatic N) is 1. The van der Waals surface area contributed by atoms with Crippen LogP contribution in [-0.4, -0.2) is 9.19 Å². The normalized spacial score (nSPS) is 12.5. The molecular formula is C5H4FNO2S. The van der Waals surface area contributed by atoms with Gasteiger partial charge in [0.15, 0.2) is 5.75 Å². The van der Waals surface area contributed by atoms with Crippen LogP contribution in [0.15, 0.2) is 24.5 Å². The number of hydrogen-bond acceptors (Lipinski definition) is 3. The van der Waals surface area contributed by atoms with Crippen LogP contribution in [-0.2, 0) is 11.5 Å². The van der Waals surface area contributed by atoms with E-state index < -0.39 is 11.5 Å². The van der Waals surface area contributed by atoms with E-state index >= 15 is 0 Å². The van der Waals surface area contributed by atoms with Crippen LogP contribution in [0.3, 0.4) is 0 Å². The van der Waals surface area contributed by atoms with Gasteiger partial charge in [0.1, 0.15) is 0 Å². The Bertz CT molecular complexity index is 228. The first-order chi connectivity index (χ1) is 4.79. The fourth-order valence-corrected chi connectivity index (χ4v) is 0.722. The van der Waals surface area contributed by atoms with Gasteiger partial charge in [-0.3, -0.25) is 4.98 Å². The van der Waals surface area contributed by atoms with Gasteiger partial charge >= 0.3 is 11.5 Å². The average Bonchev–Trinajstić information content (AvgIpc) is 1.88. The zero-order chi connectivity index (χ0) is 7.40. The standard InChI is InChI=1S/C5H4FNO2S/c6-10(8)9-5-2-1-3-7-4-5/h1-4H. The second-order valence-electron chi connectivity index (χ2n) is 1.47. The molecule has 0 aliphatic carbocycles. The maximum Gasteiger partial charge on any atom is 0.401 e. The van der Waals surface area contributed by atoms with Crippen LogP contribution < -0.4 is 4.18 Å². The molecule has 1 aromatic heterocycles. The monoisotopic (exact) mass is 161 g/mol. The Kier molecular flexibility index (Phi) is 2.33. The van der Waals surface area contributed by atoms with Gasteiger partial charge in [0, 0.05) is 6.20 Å². The van der Waals surface area contributed by atoms with E-state index in [9.17, 15) is 8.09 Å². The molecule has 1 rings (SSSR count). The summed E-state index contributed by atoms with van der Waals surface area (Å²) in [6.07, 6.45) is 2.78. The molecular weight excluding hydrogens is 157 g/mol. The van der Waals surface area contributed by atoms with Crippen molar-refractivity contribution < 1.29 is 12.3 Å². The highest BCUT2D eigenvalue weighted by atomic mass is 32.2. The molecule has 0 bridgehead atoms. The zero-order valence-corrected chi connectivity index (χ0v) is 5.68. The van der Waals surface area contributed by atoms with Gasteiger partial charge in [-0.2, -0.15) is 4.21 Å². The van der Waals surface area contributed by atoms with Gasteiger partial charge in [-0.25, -0.2) is 0 Å². The van der Waals surface area contributed by atoms with Crippen molar-refractivity contribution in [3.63, 3.8) is 0 Å². The molecule has 5 heteroatoms. The molecule has 0 spiro atoms. The van der Waals surface area contributed by atoms with E-state index in [1.54, 1.807) is 6.07 Å². The number of hydrogen-bond donors (Lipinski definition) is 0. The van der Waals surface area contributed by atoms with Gasteiger partial charge < -0.3 is 4.18 Å². The SMILES string of the molecule is O=S(F)Oc1cccnc1. The summed E-state index contributed by atoms with van der Waals surface area (Å²) in [5, 5.41) is 0. The van der Waals surface area contributed by atoms with E-state index in [1.165, 1.54) is 18.5 Å². The predicted molar refractivity (Wildman–Crippen MR) is 34.1 cm³/mol. The molecule has 10 heavy (non-hydrogen) atoms. The lowest BCUT2D eigenvalue weighted by atomic mass is 10.5. The highest BCUT2D eigenvalue weighted by molar-refractivity contribution is 7.75. The van der Waals surface area contributed by atoms with Crippen molar-refractivity contribution >= 4 is 11.5 Å². The van der Waals surface area contributed by atoms with Crippen molar-refractivity contribution in [1.29, 1.82) is 0 Å². The fourth-order valence-electron chi connectivity index (χ4n) is 0.472. The van der Waals surface area contributed by atoms with Gasteiger partial charge in [0.2, 0.25) is 0 Å². The van der Waals surface area contributed by atoms with Crippen molar-refractivity contribution in [2.24, 2.45) is 0 Å². The summed E-state index contributed by atoms with van der Waals surface area (Å²) in [5.41, 5.74) is 0. The van der Waals surface area contributed by atoms with Crippen molar-refractivity contribution in [3.8, 4) is 5.75 Å². The third-order valence-electron chi connectivity index (χ3n) is 0.796. The van der Waals surface area contributed by atoms with Crippen molar-refractivity contribution in [2.45, 2.75) is 0 Å². The van der Waals surface area contributed by atoms with Crippen LogP contribution in [0.4, 0.5) is 3.89 Å². The summed E-state index contributed by atoms with van der Waals surface area (Å²) in [6, 6.07) is 3.02. The van der Waals surface area contributed by atoms with Gasteiger partial charge in [-0.05, 0) is 12.1 Å². The van der Waals surface area contributed by atoms with Crippen LogP contribution in [0, 0.1) is 0 Å². The molecule has 0 fully saturated rings. The number of pyridine rings is 1. The van der Waals surface area contributed by atoms with Gasteiger partial charge in [-0.1, -0.05) is 3.89 Å². The maximum atomic E-state index is 11.6. The third-order valence-corrected chi connectivity index (χ3v) is 1.12. The van der Waals surface area contributed by atoms with E-state index in [-0.39, 0.29) is 5.75 Å². The summed E-state index contributed by atoms with van der Waals surface area (Å²) in [7, 11) is 0. The molecule has 1 aromatic rings. The minimum Gasteiger partial charge on any atom is -0.375 e. The largest absolute Gasteiger partial charge is 0.401 e. The molecule has 0 radical (unpaired) electrons. The van der Waals surface area contributed by atoms with Crippen molar-refractivity contribution in [2.75, 3.05) is 0 Å². The molecule has 1 heterocycles. The summed E-state index contributed by atoms with van der Waals surface area (Å²) in [6.45, 7) is 0. The van der Waals surface area contributed by atoms with E-state index in [0.29, 0.717) is 0 Å². The molecule has 54 valence electrons. The molecule has 0 aliphatic heterocycles. The first-order valence-corrected chi connectivity index (χ1v) is 3.43. The maximum absolute atomic E-state index is 11.6. The Balaban J connectivity index is 2.67. The van der Waals surface area contributed by atoms with Crippen molar-refractivity contribution in [1.82, 2.24) is 4.98 Å². The Morgan fingerprint density at radius 2 is 2.50 bits per heavy atom. The van der Waals surface area contributed by atoms with E-state index in [4.69, 9.17) is 0 Å². The highest BCUT2D eigenvalue weighted by Gasteiger charge is 1.96. The van der Waals surface area contributed by atoms with Crippen LogP contribution in [0.2, 0.25) is 0 Å². The molecule has 3 nitrogen and oxygen atoms in total. The minimum atomic E-state index is -2.76. The van der Waals surface area contributed by atoms with Gasteiger partial charge in [0.05, 0.1) is 6.20 Å². The molecule has 1 unspecified atom stereocenters. The van der Waals surface area contributed by atoms with Crippen LogP contribution in [0.5, 0.6) is 5.75 Å². The van der Waals surface area contributed by atoms with E-state index in [0.717, 1.165) is 0 Å². The molecule has 0 aliphatic rings. The first-order valence-electron chi connectivity index (χ1n) is 2.45. The topological polar surface area (TPSA) is 39.2 Å². The Morgan fingerprint density at radius 3 is 3.00 bits per heavy atom. The zero-order valence-electron chi connectivity index (χ0n) is 4.86. The lowest BCUT2D eigenvalue weighted by molar-refractivity contribution is 0.517. The van der Waals surface area contributed by atoms with E-state index in [1.807, 2.05) is 0 Å². The predicted octanol–water partition coefficient (Wildman–Crippen LogP) is 1.01. The Morgan fingerprint density at radius 1 is 1.70 bits per heavy atom. The molecule has 0 amide bonds. The quantitative estimate of drug-likeness (QED) is 0.607. The summed E-state index contributed by atoms with van der Waals surface area (Å²) in [5.74, 6) is 0.156. The molecule has 0 aromatic carbocycles. The second kappa shape index (κ2) is 3.26. The first kappa shape index (κ1) is 7.14. The molecule has 1 atom stereocenters. The summed E-state index contributed by atoms with van der Waals surface area (Å²) in [4.78, 5) is 3.61. The van der Waals surface area contributed by atoms with Crippen LogP contribution >= 0.6 is 0 Å². The lowest BCUT2D eigenvalue weighted by Crippen LogP contribution is -1.91. The van der Waals surface area contributed by atoms with Crippen LogP contribution in [0.1, 0.15) is 0 Å². The Labute approximate surface area is 59.8 Å². The minimum absolute atomic E-state index is 0.156. The van der Waals surface area contributed by atoms with Crippen LogP contribution in [0.25, 0.3) is 0 Å². The third kappa shape index (κ3) is 2.10.